The first kappa shape index (κ1) is 13.1. The molecule has 0 saturated heterocycles. The molecule has 0 aliphatic heterocycles. The molecule has 0 amide bonds. The van der Waals surface area contributed by atoms with Crippen LogP contribution in [0.2, 0.25) is 0 Å². The first-order valence-electron chi connectivity index (χ1n) is 4.66. The van der Waals surface area contributed by atoms with Gasteiger partial charge >= 0.3 is 0 Å². The van der Waals surface area contributed by atoms with Gasteiger partial charge in [0.05, 0.1) is 0 Å². The van der Waals surface area contributed by atoms with Crippen molar-refractivity contribution in [2.24, 2.45) is 0 Å². The van der Waals surface area contributed by atoms with Gasteiger partial charge in [-0.25, -0.2) is 0 Å². The average molecular weight is 251 g/mol. The second-order valence-corrected chi connectivity index (χ2v) is 4.19. The number of halogens is 1. The summed E-state index contributed by atoms with van der Waals surface area (Å²) in [4.78, 5) is 0.316. The summed E-state index contributed by atoms with van der Waals surface area (Å²) < 4.78 is 10.8. The Morgan fingerprint density at radius 3 is 2.08 bits per heavy atom. The molecule has 0 fully saturated rings. The van der Waals surface area contributed by atoms with E-state index in [1.807, 2.05) is 13.8 Å². The summed E-state index contributed by atoms with van der Waals surface area (Å²) in [6, 6.07) is 0. The zero-order valence-corrected chi connectivity index (χ0v) is 10.3. The quantitative estimate of drug-likeness (QED) is 0.393. The molecule has 1 unspecified atom stereocenters. The Hall–Kier alpha value is 0.140. The normalized spacial score (nSPS) is 13.3. The van der Waals surface area contributed by atoms with Gasteiger partial charge in [0.15, 0.2) is 6.29 Å². The van der Waals surface area contributed by atoms with Crippen molar-refractivity contribution in [2.45, 2.75) is 38.3 Å². The standard InChI is InChI=1S/C10H19BrO2/c1-5-12-10(13-6-2)7-8(3)9(4)11/h9-10H,3,5-7H2,1-2,4H3. The molecule has 0 spiro atoms. The van der Waals surface area contributed by atoms with E-state index in [1.54, 1.807) is 0 Å². The van der Waals surface area contributed by atoms with Crippen LogP contribution >= 0.6 is 15.9 Å². The Kier molecular flexibility index (Phi) is 7.62. The molecule has 0 heterocycles. The molecular formula is C10H19BrO2. The lowest BCUT2D eigenvalue weighted by atomic mass is 10.1. The molecule has 0 aliphatic carbocycles. The Balaban J connectivity index is 3.86. The largest absolute Gasteiger partial charge is 0.353 e. The van der Waals surface area contributed by atoms with Gasteiger partial charge in [-0.15, -0.1) is 0 Å². The molecule has 0 rings (SSSR count). The second-order valence-electron chi connectivity index (χ2n) is 2.82. The predicted octanol–water partition coefficient (Wildman–Crippen LogP) is 3.12. The van der Waals surface area contributed by atoms with Crippen LogP contribution < -0.4 is 0 Å². The predicted molar refractivity (Wildman–Crippen MR) is 59.2 cm³/mol. The molecule has 0 radical (unpaired) electrons. The number of ether oxygens (including phenoxy) is 2. The van der Waals surface area contributed by atoms with Gasteiger partial charge in [0.2, 0.25) is 0 Å². The van der Waals surface area contributed by atoms with Crippen LogP contribution in [0, 0.1) is 0 Å². The van der Waals surface area contributed by atoms with Crippen molar-refractivity contribution in [3.8, 4) is 0 Å². The fourth-order valence-corrected chi connectivity index (χ4v) is 1.10. The summed E-state index contributed by atoms with van der Waals surface area (Å²) in [7, 11) is 0. The van der Waals surface area contributed by atoms with Gasteiger partial charge < -0.3 is 9.47 Å². The van der Waals surface area contributed by atoms with Gasteiger partial charge in [-0.2, -0.15) is 0 Å². The molecule has 13 heavy (non-hydrogen) atoms. The van der Waals surface area contributed by atoms with E-state index in [0.29, 0.717) is 18.0 Å². The highest BCUT2D eigenvalue weighted by Crippen LogP contribution is 2.17. The van der Waals surface area contributed by atoms with Gasteiger partial charge in [0.25, 0.3) is 0 Å². The Bertz CT molecular complexity index is 140. The third-order valence-corrected chi connectivity index (χ3v) is 2.34. The third-order valence-electron chi connectivity index (χ3n) is 1.70. The van der Waals surface area contributed by atoms with E-state index in [0.717, 1.165) is 12.0 Å². The molecule has 3 heteroatoms. The number of alkyl halides is 1. The van der Waals surface area contributed by atoms with E-state index < -0.39 is 0 Å². The zero-order chi connectivity index (χ0) is 10.3. The Morgan fingerprint density at radius 1 is 1.31 bits per heavy atom. The molecule has 0 aromatic heterocycles. The Labute approximate surface area is 89.4 Å². The van der Waals surface area contributed by atoms with E-state index in [-0.39, 0.29) is 6.29 Å². The van der Waals surface area contributed by atoms with Crippen LogP contribution in [0.4, 0.5) is 0 Å². The van der Waals surface area contributed by atoms with E-state index in [4.69, 9.17) is 9.47 Å². The summed E-state index contributed by atoms with van der Waals surface area (Å²) in [6.07, 6.45) is 0.621. The minimum atomic E-state index is -0.137. The Morgan fingerprint density at radius 2 is 1.77 bits per heavy atom. The molecule has 2 nitrogen and oxygen atoms in total. The maximum atomic E-state index is 5.40. The summed E-state index contributed by atoms with van der Waals surface area (Å²) in [5.74, 6) is 0. The molecule has 78 valence electrons. The third kappa shape index (κ3) is 6.24. The molecule has 1 atom stereocenters. The van der Waals surface area contributed by atoms with E-state index in [2.05, 4.69) is 29.4 Å². The highest BCUT2D eigenvalue weighted by molar-refractivity contribution is 9.09. The van der Waals surface area contributed by atoms with Gasteiger partial charge in [-0.05, 0) is 20.8 Å². The minimum absolute atomic E-state index is 0.137. The second kappa shape index (κ2) is 7.54. The maximum absolute atomic E-state index is 5.40. The number of hydrogen-bond donors (Lipinski definition) is 0. The number of hydrogen-bond acceptors (Lipinski definition) is 2. The lowest BCUT2D eigenvalue weighted by molar-refractivity contribution is -0.134. The molecule has 0 aromatic rings. The van der Waals surface area contributed by atoms with Crippen LogP contribution in [0.5, 0.6) is 0 Å². The van der Waals surface area contributed by atoms with Gasteiger partial charge in [-0.1, -0.05) is 28.1 Å². The topological polar surface area (TPSA) is 18.5 Å². The van der Waals surface area contributed by atoms with Crippen LogP contribution in [0.1, 0.15) is 27.2 Å². The smallest absolute Gasteiger partial charge is 0.161 e. The molecule has 0 aromatic carbocycles. The van der Waals surface area contributed by atoms with Crippen LogP contribution in [0.3, 0.4) is 0 Å². The van der Waals surface area contributed by atoms with Crippen molar-refractivity contribution < 1.29 is 9.47 Å². The first-order valence-corrected chi connectivity index (χ1v) is 5.58. The fraction of sp³-hybridized carbons (Fsp3) is 0.800. The van der Waals surface area contributed by atoms with E-state index in [9.17, 15) is 0 Å². The van der Waals surface area contributed by atoms with Gasteiger partial charge in [0, 0.05) is 24.5 Å². The SMILES string of the molecule is C=C(CC(OCC)OCC)C(C)Br. The van der Waals surface area contributed by atoms with E-state index >= 15 is 0 Å². The van der Waals surface area contributed by atoms with Crippen LogP contribution in [-0.2, 0) is 9.47 Å². The fourth-order valence-electron chi connectivity index (χ4n) is 0.914. The lowest BCUT2D eigenvalue weighted by Crippen LogP contribution is -2.19. The van der Waals surface area contributed by atoms with Crippen molar-refractivity contribution in [3.05, 3.63) is 12.2 Å². The molecule has 0 saturated carbocycles. The molecule has 0 bridgehead atoms. The van der Waals surface area contributed by atoms with Crippen molar-refractivity contribution >= 4 is 15.9 Å². The molecule has 0 N–H and O–H groups in total. The van der Waals surface area contributed by atoms with Gasteiger partial charge in [-0.3, -0.25) is 0 Å². The van der Waals surface area contributed by atoms with Crippen molar-refractivity contribution in [3.63, 3.8) is 0 Å². The lowest BCUT2D eigenvalue weighted by Gasteiger charge is -2.18. The van der Waals surface area contributed by atoms with Crippen LogP contribution in [-0.4, -0.2) is 24.3 Å². The summed E-state index contributed by atoms with van der Waals surface area (Å²) in [6.45, 7) is 11.3. The molecular weight excluding hydrogens is 232 g/mol. The summed E-state index contributed by atoms with van der Waals surface area (Å²) >= 11 is 3.46. The molecule has 0 aliphatic rings. The number of rotatable bonds is 7. The van der Waals surface area contributed by atoms with Crippen molar-refractivity contribution in [2.75, 3.05) is 13.2 Å². The van der Waals surface area contributed by atoms with Gasteiger partial charge in [0.1, 0.15) is 0 Å². The first-order chi connectivity index (χ1) is 6.11. The van der Waals surface area contributed by atoms with Crippen molar-refractivity contribution in [1.29, 1.82) is 0 Å². The minimum Gasteiger partial charge on any atom is -0.353 e. The maximum Gasteiger partial charge on any atom is 0.161 e. The van der Waals surface area contributed by atoms with Crippen LogP contribution in [0.25, 0.3) is 0 Å². The summed E-state index contributed by atoms with van der Waals surface area (Å²) in [5, 5.41) is 0. The zero-order valence-electron chi connectivity index (χ0n) is 8.68. The van der Waals surface area contributed by atoms with E-state index in [1.165, 1.54) is 0 Å². The van der Waals surface area contributed by atoms with Crippen molar-refractivity contribution in [1.82, 2.24) is 0 Å². The van der Waals surface area contributed by atoms with Crippen LogP contribution in [0.15, 0.2) is 12.2 Å². The highest BCUT2D eigenvalue weighted by atomic mass is 79.9. The highest BCUT2D eigenvalue weighted by Gasteiger charge is 2.12. The monoisotopic (exact) mass is 250 g/mol. The average Bonchev–Trinajstić information content (AvgIpc) is 2.05. The summed E-state index contributed by atoms with van der Waals surface area (Å²) in [5.41, 5.74) is 1.10.